The Balaban J connectivity index is 2.00. The van der Waals surface area contributed by atoms with Gasteiger partial charge in [-0.15, -0.1) is 0 Å². The van der Waals surface area contributed by atoms with Crippen molar-refractivity contribution in [3.8, 4) is 5.75 Å². The highest BCUT2D eigenvalue weighted by Crippen LogP contribution is 2.22. The van der Waals surface area contributed by atoms with Gasteiger partial charge in [-0.05, 0) is 25.0 Å². The largest absolute Gasteiger partial charge is 0.497 e. The van der Waals surface area contributed by atoms with Crippen molar-refractivity contribution in [2.45, 2.75) is 25.8 Å². The number of amides is 2. The second kappa shape index (κ2) is 6.47. The number of benzene rings is 1. The van der Waals surface area contributed by atoms with Crippen LogP contribution in [0.15, 0.2) is 18.2 Å². The van der Waals surface area contributed by atoms with E-state index in [4.69, 9.17) is 10.5 Å². The van der Waals surface area contributed by atoms with Gasteiger partial charge in [-0.2, -0.15) is 0 Å². The van der Waals surface area contributed by atoms with E-state index >= 15 is 0 Å². The molecular formula is C15H21N3O3. The van der Waals surface area contributed by atoms with Gasteiger partial charge in [0.2, 0.25) is 5.91 Å². The standard InChI is InChI=1S/C15H21N3O3/c1-10(19)17-11-5-7-18(8-6-11)15(20)13-4-3-12(21-2)9-14(13)16/h3-4,9,11H,5-8,16H2,1-2H3,(H,17,19). The predicted octanol–water partition coefficient (Wildman–Crippen LogP) is 1.02. The second-order valence-corrected chi connectivity index (χ2v) is 5.22. The number of anilines is 1. The second-order valence-electron chi connectivity index (χ2n) is 5.22. The SMILES string of the molecule is COc1ccc(C(=O)N2CCC(NC(C)=O)CC2)c(N)c1. The first kappa shape index (κ1) is 15.2. The summed E-state index contributed by atoms with van der Waals surface area (Å²) >= 11 is 0. The third-order valence-corrected chi connectivity index (χ3v) is 3.68. The highest BCUT2D eigenvalue weighted by molar-refractivity contribution is 5.99. The first-order valence-electron chi connectivity index (χ1n) is 7.01. The molecule has 0 radical (unpaired) electrons. The molecule has 0 aliphatic carbocycles. The molecule has 0 unspecified atom stereocenters. The Morgan fingerprint density at radius 2 is 2.00 bits per heavy atom. The zero-order valence-electron chi connectivity index (χ0n) is 12.4. The number of likely N-dealkylation sites (tertiary alicyclic amines) is 1. The summed E-state index contributed by atoms with van der Waals surface area (Å²) in [5, 5.41) is 2.89. The molecule has 21 heavy (non-hydrogen) atoms. The van der Waals surface area contributed by atoms with Crippen molar-refractivity contribution in [3.63, 3.8) is 0 Å². The zero-order chi connectivity index (χ0) is 15.4. The summed E-state index contributed by atoms with van der Waals surface area (Å²) in [7, 11) is 1.56. The van der Waals surface area contributed by atoms with Crippen molar-refractivity contribution in [2.24, 2.45) is 0 Å². The fraction of sp³-hybridized carbons (Fsp3) is 0.467. The van der Waals surface area contributed by atoms with Crippen LogP contribution in [0.5, 0.6) is 5.75 Å². The Morgan fingerprint density at radius 1 is 1.33 bits per heavy atom. The molecule has 0 atom stereocenters. The molecule has 1 aliphatic rings. The number of nitrogen functional groups attached to an aromatic ring is 1. The number of nitrogens with two attached hydrogens (primary N) is 1. The van der Waals surface area contributed by atoms with Crippen LogP contribution in [0.3, 0.4) is 0 Å². The molecular weight excluding hydrogens is 270 g/mol. The Kier molecular flexibility index (Phi) is 4.67. The minimum absolute atomic E-state index is 0.0285. The summed E-state index contributed by atoms with van der Waals surface area (Å²) in [6, 6.07) is 5.22. The van der Waals surface area contributed by atoms with E-state index in [1.165, 1.54) is 6.92 Å². The van der Waals surface area contributed by atoms with Gasteiger partial charge in [0.05, 0.1) is 12.7 Å². The first-order valence-corrected chi connectivity index (χ1v) is 7.01. The van der Waals surface area contributed by atoms with Crippen molar-refractivity contribution >= 4 is 17.5 Å². The van der Waals surface area contributed by atoms with Gasteiger partial charge in [0.1, 0.15) is 5.75 Å². The van der Waals surface area contributed by atoms with E-state index in [0.717, 1.165) is 12.8 Å². The zero-order valence-corrected chi connectivity index (χ0v) is 12.4. The average molecular weight is 291 g/mol. The fourth-order valence-corrected chi connectivity index (χ4v) is 2.55. The predicted molar refractivity (Wildman–Crippen MR) is 80.1 cm³/mol. The molecule has 6 nitrogen and oxygen atoms in total. The van der Waals surface area contributed by atoms with Crippen molar-refractivity contribution < 1.29 is 14.3 Å². The first-order chi connectivity index (χ1) is 10.0. The molecule has 0 saturated carbocycles. The van der Waals surface area contributed by atoms with Gasteiger partial charge < -0.3 is 20.7 Å². The number of rotatable bonds is 3. The van der Waals surface area contributed by atoms with E-state index in [1.807, 2.05) is 0 Å². The third kappa shape index (κ3) is 3.65. The molecule has 114 valence electrons. The lowest BCUT2D eigenvalue weighted by Crippen LogP contribution is -2.46. The van der Waals surface area contributed by atoms with Gasteiger partial charge in [0.25, 0.3) is 5.91 Å². The van der Waals surface area contributed by atoms with Crippen LogP contribution < -0.4 is 15.8 Å². The third-order valence-electron chi connectivity index (χ3n) is 3.68. The summed E-state index contributed by atoms with van der Waals surface area (Å²) in [5.41, 5.74) is 6.83. The lowest BCUT2D eigenvalue weighted by atomic mass is 10.0. The lowest BCUT2D eigenvalue weighted by molar-refractivity contribution is -0.119. The normalized spacial score (nSPS) is 15.6. The van der Waals surface area contributed by atoms with Gasteiger partial charge in [-0.25, -0.2) is 0 Å². The van der Waals surface area contributed by atoms with Gasteiger partial charge >= 0.3 is 0 Å². The van der Waals surface area contributed by atoms with Crippen LogP contribution in [0.1, 0.15) is 30.1 Å². The topological polar surface area (TPSA) is 84.7 Å². The molecule has 3 N–H and O–H groups in total. The van der Waals surface area contributed by atoms with Crippen LogP contribution in [-0.4, -0.2) is 43.0 Å². The number of ether oxygens (including phenoxy) is 1. The maximum Gasteiger partial charge on any atom is 0.255 e. The smallest absolute Gasteiger partial charge is 0.255 e. The number of nitrogens with zero attached hydrogens (tertiary/aromatic N) is 1. The Labute approximate surface area is 124 Å². The minimum atomic E-state index is -0.0728. The molecule has 2 rings (SSSR count). The summed E-state index contributed by atoms with van der Waals surface area (Å²) in [5.74, 6) is 0.531. The van der Waals surface area contributed by atoms with E-state index in [1.54, 1.807) is 30.2 Å². The number of carbonyl (C=O) groups is 2. The molecule has 1 aliphatic heterocycles. The number of piperidine rings is 1. The Morgan fingerprint density at radius 3 is 2.52 bits per heavy atom. The molecule has 0 spiro atoms. The maximum atomic E-state index is 12.5. The molecule has 1 saturated heterocycles. The van der Waals surface area contributed by atoms with Crippen LogP contribution in [0.25, 0.3) is 0 Å². The van der Waals surface area contributed by atoms with E-state index < -0.39 is 0 Å². The molecule has 2 amide bonds. The summed E-state index contributed by atoms with van der Waals surface area (Å²) < 4.78 is 5.08. The average Bonchev–Trinajstić information content (AvgIpc) is 2.46. The van der Waals surface area contributed by atoms with E-state index in [9.17, 15) is 9.59 Å². The van der Waals surface area contributed by atoms with E-state index in [-0.39, 0.29) is 17.9 Å². The quantitative estimate of drug-likeness (QED) is 0.814. The van der Waals surface area contributed by atoms with E-state index in [0.29, 0.717) is 30.1 Å². The Hall–Kier alpha value is -2.24. The molecule has 6 heteroatoms. The van der Waals surface area contributed by atoms with Gasteiger partial charge in [-0.1, -0.05) is 0 Å². The van der Waals surface area contributed by atoms with Crippen LogP contribution in [0.4, 0.5) is 5.69 Å². The van der Waals surface area contributed by atoms with Crippen LogP contribution in [-0.2, 0) is 4.79 Å². The van der Waals surface area contributed by atoms with Gasteiger partial charge in [-0.3, -0.25) is 9.59 Å². The van der Waals surface area contributed by atoms with E-state index in [2.05, 4.69) is 5.32 Å². The monoisotopic (exact) mass is 291 g/mol. The summed E-state index contributed by atoms with van der Waals surface area (Å²) in [6.45, 7) is 2.75. The number of hydrogen-bond donors (Lipinski definition) is 2. The molecule has 1 heterocycles. The lowest BCUT2D eigenvalue weighted by Gasteiger charge is -2.32. The number of methoxy groups -OCH3 is 1. The van der Waals surface area contributed by atoms with Gasteiger partial charge in [0, 0.05) is 37.8 Å². The minimum Gasteiger partial charge on any atom is -0.497 e. The molecule has 1 fully saturated rings. The van der Waals surface area contributed by atoms with Crippen LogP contribution in [0, 0.1) is 0 Å². The Bertz CT molecular complexity index is 537. The number of carbonyl (C=O) groups excluding carboxylic acids is 2. The molecule has 0 bridgehead atoms. The van der Waals surface area contributed by atoms with Crippen LogP contribution in [0.2, 0.25) is 0 Å². The number of nitrogens with one attached hydrogen (secondary N) is 1. The molecule has 0 aromatic heterocycles. The highest BCUT2D eigenvalue weighted by Gasteiger charge is 2.25. The van der Waals surface area contributed by atoms with Gasteiger partial charge in [0.15, 0.2) is 0 Å². The number of hydrogen-bond acceptors (Lipinski definition) is 4. The van der Waals surface area contributed by atoms with Crippen molar-refractivity contribution in [2.75, 3.05) is 25.9 Å². The fourth-order valence-electron chi connectivity index (χ4n) is 2.55. The summed E-state index contributed by atoms with van der Waals surface area (Å²) in [6.07, 6.45) is 1.53. The van der Waals surface area contributed by atoms with Crippen LogP contribution >= 0.6 is 0 Å². The maximum absolute atomic E-state index is 12.5. The highest BCUT2D eigenvalue weighted by atomic mass is 16.5. The van der Waals surface area contributed by atoms with Crippen molar-refractivity contribution in [1.82, 2.24) is 10.2 Å². The molecule has 1 aromatic rings. The van der Waals surface area contributed by atoms with Crippen molar-refractivity contribution in [1.29, 1.82) is 0 Å². The molecule has 1 aromatic carbocycles. The summed E-state index contributed by atoms with van der Waals surface area (Å²) in [4.78, 5) is 25.3. The van der Waals surface area contributed by atoms with Crippen molar-refractivity contribution in [3.05, 3.63) is 23.8 Å².